The fourth-order valence-electron chi connectivity index (χ4n) is 1.56. The van der Waals surface area contributed by atoms with E-state index in [1.165, 1.54) is 5.69 Å². The molecule has 1 aliphatic heterocycles. The van der Waals surface area contributed by atoms with E-state index in [2.05, 4.69) is 9.88 Å². The molecule has 0 amide bonds. The van der Waals surface area contributed by atoms with Crippen molar-refractivity contribution in [2.75, 3.05) is 31.2 Å². The topological polar surface area (TPSA) is 25.4 Å². The molecule has 0 unspecified atom stereocenters. The van der Waals surface area contributed by atoms with E-state index in [0.717, 1.165) is 32.0 Å². The normalized spacial score (nSPS) is 17.1. The van der Waals surface area contributed by atoms with Crippen LogP contribution in [-0.4, -0.2) is 31.3 Å². The Balaban J connectivity index is 2.13. The van der Waals surface area contributed by atoms with Gasteiger partial charge in [-0.25, -0.2) is 0 Å². The zero-order valence-electron chi connectivity index (χ0n) is 7.95. The van der Waals surface area contributed by atoms with Crippen LogP contribution in [0.2, 0.25) is 0 Å². The van der Waals surface area contributed by atoms with Gasteiger partial charge in [-0.05, 0) is 12.1 Å². The highest BCUT2D eigenvalue weighted by Crippen LogP contribution is 2.16. The molecule has 0 saturated carbocycles. The molecule has 1 aliphatic rings. The van der Waals surface area contributed by atoms with Gasteiger partial charge in [-0.3, -0.25) is 4.98 Å². The van der Waals surface area contributed by atoms with Crippen molar-refractivity contribution in [1.82, 2.24) is 4.98 Å². The Bertz CT molecular complexity index is 300. The third-order valence-electron chi connectivity index (χ3n) is 2.31. The number of hydrogen-bond donors (Lipinski definition) is 0. The zero-order valence-corrected chi connectivity index (χ0v) is 8.70. The molecule has 76 valence electrons. The molecule has 0 radical (unpaired) electrons. The van der Waals surface area contributed by atoms with Gasteiger partial charge in [0, 0.05) is 25.0 Å². The Morgan fingerprint density at radius 3 is 2.93 bits per heavy atom. The van der Waals surface area contributed by atoms with Gasteiger partial charge < -0.3 is 9.64 Å². The number of pyridine rings is 1. The first-order valence-electron chi connectivity index (χ1n) is 4.74. The highest BCUT2D eigenvalue weighted by molar-refractivity contribution is 6.16. The summed E-state index contributed by atoms with van der Waals surface area (Å²) in [5.41, 5.74) is 2.12. The largest absolute Gasteiger partial charge is 0.378 e. The highest BCUT2D eigenvalue weighted by atomic mass is 35.5. The van der Waals surface area contributed by atoms with Crippen molar-refractivity contribution in [3.8, 4) is 0 Å². The van der Waals surface area contributed by atoms with Crippen LogP contribution in [0.15, 0.2) is 18.3 Å². The standard InChI is InChI=1S/C10H13ClN2O/c11-8-9-7-10(1-2-12-9)13-3-5-14-6-4-13/h1-2,7H,3-6,8H2. The second kappa shape index (κ2) is 4.62. The van der Waals surface area contributed by atoms with E-state index in [1.54, 1.807) is 0 Å². The second-order valence-corrected chi connectivity index (χ2v) is 3.51. The number of halogens is 1. The summed E-state index contributed by atoms with van der Waals surface area (Å²) in [5.74, 6) is 0.470. The summed E-state index contributed by atoms with van der Waals surface area (Å²) in [4.78, 5) is 6.46. The molecule has 14 heavy (non-hydrogen) atoms. The minimum atomic E-state index is 0.470. The predicted molar refractivity (Wildman–Crippen MR) is 56.8 cm³/mol. The van der Waals surface area contributed by atoms with Crippen LogP contribution in [0.25, 0.3) is 0 Å². The van der Waals surface area contributed by atoms with Gasteiger partial charge in [0.25, 0.3) is 0 Å². The van der Waals surface area contributed by atoms with Gasteiger partial charge in [-0.15, -0.1) is 11.6 Å². The molecule has 0 atom stereocenters. The lowest BCUT2D eigenvalue weighted by atomic mass is 10.3. The number of nitrogens with zero attached hydrogens (tertiary/aromatic N) is 2. The van der Waals surface area contributed by atoms with E-state index >= 15 is 0 Å². The number of ether oxygens (including phenoxy) is 1. The van der Waals surface area contributed by atoms with Crippen LogP contribution < -0.4 is 4.90 Å². The lowest BCUT2D eigenvalue weighted by molar-refractivity contribution is 0.122. The van der Waals surface area contributed by atoms with E-state index in [4.69, 9.17) is 16.3 Å². The molecule has 1 fully saturated rings. The van der Waals surface area contributed by atoms with Crippen LogP contribution in [0.4, 0.5) is 5.69 Å². The first kappa shape index (κ1) is 9.74. The van der Waals surface area contributed by atoms with Gasteiger partial charge in [0.05, 0.1) is 24.8 Å². The molecule has 0 bridgehead atoms. The quantitative estimate of drug-likeness (QED) is 0.698. The highest BCUT2D eigenvalue weighted by Gasteiger charge is 2.11. The summed E-state index contributed by atoms with van der Waals surface area (Å²) in [5, 5.41) is 0. The molecule has 2 rings (SSSR count). The number of aromatic nitrogens is 1. The van der Waals surface area contributed by atoms with Crippen LogP contribution in [0.3, 0.4) is 0 Å². The smallest absolute Gasteiger partial charge is 0.0648 e. The Morgan fingerprint density at radius 2 is 2.21 bits per heavy atom. The van der Waals surface area contributed by atoms with E-state index in [-0.39, 0.29) is 0 Å². The Morgan fingerprint density at radius 1 is 1.43 bits per heavy atom. The summed E-state index contributed by atoms with van der Waals surface area (Å²) in [6.45, 7) is 3.51. The van der Waals surface area contributed by atoms with E-state index in [9.17, 15) is 0 Å². The number of morpholine rings is 1. The average molecular weight is 213 g/mol. The van der Waals surface area contributed by atoms with Crippen LogP contribution in [-0.2, 0) is 10.6 Å². The van der Waals surface area contributed by atoms with Gasteiger partial charge in [0.2, 0.25) is 0 Å². The Kier molecular flexibility index (Phi) is 3.22. The Hall–Kier alpha value is -0.800. The molecule has 1 aromatic rings. The molecule has 0 aliphatic carbocycles. The monoisotopic (exact) mass is 212 g/mol. The van der Waals surface area contributed by atoms with Crippen molar-refractivity contribution >= 4 is 17.3 Å². The minimum absolute atomic E-state index is 0.470. The lowest BCUT2D eigenvalue weighted by Crippen LogP contribution is -2.36. The van der Waals surface area contributed by atoms with Gasteiger partial charge in [-0.2, -0.15) is 0 Å². The second-order valence-electron chi connectivity index (χ2n) is 3.24. The van der Waals surface area contributed by atoms with Crippen molar-refractivity contribution in [2.45, 2.75) is 5.88 Å². The molecule has 0 spiro atoms. The van der Waals surface area contributed by atoms with E-state index in [0.29, 0.717) is 5.88 Å². The van der Waals surface area contributed by atoms with Crippen LogP contribution in [0.5, 0.6) is 0 Å². The number of hydrogen-bond acceptors (Lipinski definition) is 3. The van der Waals surface area contributed by atoms with E-state index < -0.39 is 0 Å². The summed E-state index contributed by atoms with van der Waals surface area (Å²) in [7, 11) is 0. The summed E-state index contributed by atoms with van der Waals surface area (Å²) < 4.78 is 5.29. The molecule has 3 nitrogen and oxygen atoms in total. The first-order valence-corrected chi connectivity index (χ1v) is 5.27. The van der Waals surface area contributed by atoms with Crippen molar-refractivity contribution < 1.29 is 4.74 Å². The summed E-state index contributed by atoms with van der Waals surface area (Å²) in [6.07, 6.45) is 1.81. The number of anilines is 1. The zero-order chi connectivity index (χ0) is 9.80. The van der Waals surface area contributed by atoms with Crippen molar-refractivity contribution in [3.05, 3.63) is 24.0 Å². The molecule has 1 aromatic heterocycles. The van der Waals surface area contributed by atoms with E-state index in [1.807, 2.05) is 18.3 Å². The first-order chi connectivity index (χ1) is 6.90. The van der Waals surface area contributed by atoms with Crippen molar-refractivity contribution in [2.24, 2.45) is 0 Å². The third-order valence-corrected chi connectivity index (χ3v) is 2.59. The lowest BCUT2D eigenvalue weighted by Gasteiger charge is -2.28. The fourth-order valence-corrected chi connectivity index (χ4v) is 1.70. The van der Waals surface area contributed by atoms with Crippen molar-refractivity contribution in [3.63, 3.8) is 0 Å². The van der Waals surface area contributed by atoms with Gasteiger partial charge in [0.15, 0.2) is 0 Å². The maximum atomic E-state index is 5.73. The molecular weight excluding hydrogens is 200 g/mol. The maximum Gasteiger partial charge on any atom is 0.0648 e. The Labute approximate surface area is 88.6 Å². The van der Waals surface area contributed by atoms with Crippen LogP contribution in [0, 0.1) is 0 Å². The van der Waals surface area contributed by atoms with Gasteiger partial charge >= 0.3 is 0 Å². The maximum absolute atomic E-state index is 5.73. The molecule has 0 aromatic carbocycles. The molecule has 4 heteroatoms. The minimum Gasteiger partial charge on any atom is -0.378 e. The number of rotatable bonds is 2. The predicted octanol–water partition coefficient (Wildman–Crippen LogP) is 1.66. The number of alkyl halides is 1. The third kappa shape index (κ3) is 2.16. The molecule has 0 N–H and O–H groups in total. The average Bonchev–Trinajstić information content (AvgIpc) is 2.30. The SMILES string of the molecule is ClCc1cc(N2CCOCC2)ccn1. The summed E-state index contributed by atoms with van der Waals surface area (Å²) >= 11 is 5.73. The van der Waals surface area contributed by atoms with Crippen molar-refractivity contribution in [1.29, 1.82) is 0 Å². The van der Waals surface area contributed by atoms with Gasteiger partial charge in [-0.1, -0.05) is 0 Å². The van der Waals surface area contributed by atoms with Crippen LogP contribution >= 0.6 is 11.6 Å². The molecular formula is C10H13ClN2O. The van der Waals surface area contributed by atoms with Crippen LogP contribution in [0.1, 0.15) is 5.69 Å². The molecule has 2 heterocycles. The summed E-state index contributed by atoms with van der Waals surface area (Å²) in [6, 6.07) is 4.06. The fraction of sp³-hybridized carbons (Fsp3) is 0.500. The molecule has 1 saturated heterocycles. The van der Waals surface area contributed by atoms with Gasteiger partial charge in [0.1, 0.15) is 0 Å².